The summed E-state index contributed by atoms with van der Waals surface area (Å²) < 4.78 is 194. The predicted molar refractivity (Wildman–Crippen MR) is 323 cm³/mol. The van der Waals surface area contributed by atoms with Gasteiger partial charge >= 0.3 is 36.6 Å². The maximum Gasteiger partial charge on any atom is 0.430 e. The Hall–Kier alpha value is -5.92. The molecule has 2 atom stereocenters. The van der Waals surface area contributed by atoms with Crippen LogP contribution in [0.1, 0.15) is 150 Å². The molecule has 0 aliphatic heterocycles. The Bertz CT molecular complexity index is 3030. The van der Waals surface area contributed by atoms with E-state index in [-0.39, 0.29) is 60.5 Å². The van der Waals surface area contributed by atoms with Crippen molar-refractivity contribution in [1.29, 1.82) is 0 Å². The number of hydrogen-bond acceptors (Lipinski definition) is 10. The summed E-state index contributed by atoms with van der Waals surface area (Å²) in [5, 5.41) is 27.9. The number of methoxy groups -OCH3 is 1. The summed E-state index contributed by atoms with van der Waals surface area (Å²) in [6.07, 6.45) is -21.9. The van der Waals surface area contributed by atoms with Crippen molar-refractivity contribution in [2.24, 2.45) is 0 Å². The van der Waals surface area contributed by atoms with E-state index in [0.29, 0.717) is 54.4 Å². The van der Waals surface area contributed by atoms with Gasteiger partial charge in [-0.1, -0.05) is 121 Å². The van der Waals surface area contributed by atoms with Gasteiger partial charge in [-0.05, 0) is 158 Å². The van der Waals surface area contributed by atoms with E-state index in [0.717, 1.165) is 46.6 Å². The third-order valence-electron chi connectivity index (χ3n) is 16.9. The number of carbonyl (C=O) groups is 2. The van der Waals surface area contributed by atoms with Gasteiger partial charge in [-0.2, -0.15) is 52.7 Å². The molecule has 4 rings (SSSR count). The average molecular weight is 1310 g/mol. The highest BCUT2D eigenvalue weighted by Gasteiger charge is 2.71. The van der Waals surface area contributed by atoms with Crippen LogP contribution in [0.25, 0.3) is 12.2 Å². The first-order valence-electron chi connectivity index (χ1n) is 29.3. The number of carboxylic acids is 1. The number of ether oxygens (including phenoxy) is 5. The molecule has 0 aromatic heterocycles. The van der Waals surface area contributed by atoms with Gasteiger partial charge < -0.3 is 43.4 Å². The maximum absolute atomic E-state index is 13.8. The highest BCUT2D eigenvalue weighted by molar-refractivity contribution is 6.74. The average Bonchev–Trinajstić information content (AvgIpc) is 0.811. The topological polar surface area (TPSA) is 150 Å². The Labute approximate surface area is 520 Å². The van der Waals surface area contributed by atoms with E-state index in [9.17, 15) is 72.5 Å². The highest BCUT2D eigenvalue weighted by Crippen LogP contribution is 2.49. The largest absolute Gasteiger partial charge is 0.491 e. The molecule has 0 aliphatic carbocycles. The molecule has 0 amide bonds. The number of benzene rings is 4. The second-order valence-corrected chi connectivity index (χ2v) is 28.5. The van der Waals surface area contributed by atoms with Crippen LogP contribution < -0.4 is 9.47 Å². The molecule has 0 radical (unpaired) electrons. The van der Waals surface area contributed by atoms with Crippen LogP contribution in [-0.4, -0.2) is 117 Å². The van der Waals surface area contributed by atoms with E-state index < -0.39 is 86.4 Å². The van der Waals surface area contributed by atoms with Crippen molar-refractivity contribution in [2.75, 3.05) is 33.7 Å². The first kappa shape index (κ1) is 78.3. The number of aryl methyl sites for hydroxylation is 4. The van der Waals surface area contributed by atoms with E-state index >= 15 is 0 Å². The molecule has 0 aliphatic rings. The number of aliphatic hydroxyl groups excluding tert-OH is 1. The molecule has 24 heteroatoms. The lowest BCUT2D eigenvalue weighted by Gasteiger charge is -2.39. The molecule has 0 bridgehead atoms. The van der Waals surface area contributed by atoms with E-state index in [4.69, 9.17) is 23.7 Å². The summed E-state index contributed by atoms with van der Waals surface area (Å²) in [6, 6.07) is 21.1. The van der Waals surface area contributed by atoms with Crippen LogP contribution in [0, 0.1) is 27.7 Å². The summed E-state index contributed by atoms with van der Waals surface area (Å²) in [5.74, 6) is -0.425. The van der Waals surface area contributed by atoms with Crippen molar-refractivity contribution in [3.8, 4) is 11.5 Å². The standard InChI is InChI=1S/C38H54F6O6Si.C28H32F6O5/c1-12-35(13-2,29-16-15-28(26(4)21-29)19-20-36(37(39,40)41,38(42,43)44)49-25-46-9)30-17-18-32(27(5)22-30)48-24-31(23-33(45)47-14-3)50-51(10,11)34(6,7)8;1-5-25(6-2,21-9-10-23(18(4)14-21)39-16-22(35)15-24(36)37)20-8-7-19(17(3)13-20)11-12-26(38,27(29,30)31)28(32,33)34/h15-22,31H,12-14,23-25H2,1-11H3;7-14,22,35,38H,5-6,15-16H2,1-4H3,(H,36,37)/b20-19+;12-11+/t31-;22-/m11/s1. The van der Waals surface area contributed by atoms with Gasteiger partial charge in [-0.3, -0.25) is 9.59 Å². The quantitative estimate of drug-likeness (QED) is 0.0216. The summed E-state index contributed by atoms with van der Waals surface area (Å²) in [6.45, 7) is 26.2. The van der Waals surface area contributed by atoms with Crippen molar-refractivity contribution in [2.45, 2.75) is 199 Å². The lowest BCUT2D eigenvalue weighted by atomic mass is 9.70. The predicted octanol–water partition coefficient (Wildman–Crippen LogP) is 17.1. The van der Waals surface area contributed by atoms with E-state index in [1.165, 1.54) is 12.1 Å². The van der Waals surface area contributed by atoms with E-state index in [2.05, 4.69) is 43.3 Å². The van der Waals surface area contributed by atoms with Gasteiger partial charge in [0, 0.05) is 17.9 Å². The molecule has 0 fully saturated rings. The summed E-state index contributed by atoms with van der Waals surface area (Å²) in [4.78, 5) is 23.1. The Morgan fingerprint density at radius 3 is 1.29 bits per heavy atom. The molecule has 0 saturated carbocycles. The van der Waals surface area contributed by atoms with Gasteiger partial charge in [-0.15, -0.1) is 0 Å². The van der Waals surface area contributed by atoms with Crippen molar-refractivity contribution in [3.63, 3.8) is 0 Å². The third-order valence-corrected chi connectivity index (χ3v) is 21.4. The van der Waals surface area contributed by atoms with Crippen molar-refractivity contribution < 1.29 is 106 Å². The molecule has 4 aromatic carbocycles. The van der Waals surface area contributed by atoms with Gasteiger partial charge in [0.2, 0.25) is 0 Å². The Morgan fingerprint density at radius 1 is 0.567 bits per heavy atom. The molecule has 3 N–H and O–H groups in total. The summed E-state index contributed by atoms with van der Waals surface area (Å²) in [5.41, 5.74) is -4.29. The minimum Gasteiger partial charge on any atom is -0.491 e. The Morgan fingerprint density at radius 2 is 0.956 bits per heavy atom. The number of hydrogen-bond donors (Lipinski definition) is 3. The molecule has 11 nitrogen and oxygen atoms in total. The Kier molecular flexibility index (Phi) is 27.1. The molecule has 0 heterocycles. The second-order valence-electron chi connectivity index (χ2n) is 23.8. The number of carbonyl (C=O) groups excluding carboxylic acids is 1. The van der Waals surface area contributed by atoms with Gasteiger partial charge in [0.15, 0.2) is 8.32 Å². The van der Waals surface area contributed by atoms with Crippen LogP contribution >= 0.6 is 0 Å². The zero-order valence-electron chi connectivity index (χ0n) is 53.6. The molecular weight excluding hydrogens is 1220 g/mol. The maximum atomic E-state index is 13.8. The molecule has 504 valence electrons. The van der Waals surface area contributed by atoms with Gasteiger partial charge in [-0.25, -0.2) is 0 Å². The lowest BCUT2D eigenvalue weighted by Crippen LogP contribution is -2.57. The van der Waals surface area contributed by atoms with Crippen molar-refractivity contribution in [1.82, 2.24) is 0 Å². The fourth-order valence-corrected chi connectivity index (χ4v) is 11.6. The van der Waals surface area contributed by atoms with Gasteiger partial charge in [0.05, 0.1) is 31.7 Å². The van der Waals surface area contributed by atoms with Gasteiger partial charge in [0.1, 0.15) is 31.5 Å². The van der Waals surface area contributed by atoms with E-state index in [1.807, 2.05) is 65.0 Å². The number of carboxylic acid groups (broad SMARTS) is 1. The first-order valence-corrected chi connectivity index (χ1v) is 32.2. The molecule has 0 spiro atoms. The lowest BCUT2D eigenvalue weighted by molar-refractivity contribution is -0.372. The minimum absolute atomic E-state index is 0.00235. The summed E-state index contributed by atoms with van der Waals surface area (Å²) in [7, 11) is -1.30. The molecule has 4 aromatic rings. The number of aliphatic carboxylic acids is 1. The second kappa shape index (κ2) is 31.1. The normalized spacial score (nSPS) is 14.1. The third kappa shape index (κ3) is 18.7. The molecule has 0 unspecified atom stereocenters. The van der Waals surface area contributed by atoms with Crippen LogP contribution in [0.2, 0.25) is 18.1 Å². The van der Waals surface area contributed by atoms with Crippen LogP contribution in [0.5, 0.6) is 11.5 Å². The number of esters is 1. The zero-order chi connectivity index (χ0) is 68.9. The fraction of sp³-hybridized carbons (Fsp3) is 0.545. The van der Waals surface area contributed by atoms with Crippen LogP contribution in [0.3, 0.4) is 0 Å². The fourth-order valence-electron chi connectivity index (χ4n) is 10.2. The van der Waals surface area contributed by atoms with Crippen molar-refractivity contribution >= 4 is 32.4 Å². The number of rotatable bonds is 28. The zero-order valence-corrected chi connectivity index (χ0v) is 54.6. The minimum atomic E-state index is -5.95. The van der Waals surface area contributed by atoms with Crippen LogP contribution in [0.4, 0.5) is 52.7 Å². The molecular formula is C66H86F12O11Si. The van der Waals surface area contributed by atoms with Crippen LogP contribution in [0.15, 0.2) is 84.9 Å². The smallest absolute Gasteiger partial charge is 0.430 e. The van der Waals surface area contributed by atoms with Gasteiger partial charge in [0.25, 0.3) is 11.2 Å². The molecule has 0 saturated heterocycles. The van der Waals surface area contributed by atoms with Crippen molar-refractivity contribution in [3.05, 3.63) is 141 Å². The number of aliphatic hydroxyl groups is 2. The summed E-state index contributed by atoms with van der Waals surface area (Å²) >= 11 is 0. The SMILES string of the molecule is CCC(CC)(c1ccc(/C=C/C(O)(C(F)(F)F)C(F)(F)F)c(C)c1)c1ccc(OC[C@H](O)CC(=O)O)c(C)c1.CCOC(=O)C[C@H](COc1ccc(C(CC)(CC)c2ccc(/C=C/C(OCOC)(C(F)(F)F)C(F)(F)F)c(C)c2)cc1C)O[Si](C)(C)C(C)(C)C. The van der Waals surface area contributed by atoms with Crippen LogP contribution in [-0.2, 0) is 39.1 Å². The Balaban J connectivity index is 0.000000487. The number of halogens is 12. The first-order chi connectivity index (χ1) is 41.4. The highest BCUT2D eigenvalue weighted by atomic mass is 28.4. The van der Waals surface area contributed by atoms with E-state index in [1.54, 1.807) is 58.0 Å². The number of alkyl halides is 12. The monoisotopic (exact) mass is 1310 g/mol. The molecule has 90 heavy (non-hydrogen) atoms.